The highest BCUT2D eigenvalue weighted by Crippen LogP contribution is 2.42. The number of fused-ring (bicyclic) bond motifs is 1. The number of quaternary nitrogens is 1. The molecule has 1 aromatic carbocycles. The quantitative estimate of drug-likeness (QED) is 0.473. The summed E-state index contributed by atoms with van der Waals surface area (Å²) in [5, 5.41) is 0.365. The number of rotatable bonds is 7. The predicted molar refractivity (Wildman–Crippen MR) is 123 cm³/mol. The van der Waals surface area contributed by atoms with Gasteiger partial charge < -0.3 is 14.3 Å². The first-order chi connectivity index (χ1) is 13.4. The minimum absolute atomic E-state index is 0.365. The van der Waals surface area contributed by atoms with Gasteiger partial charge in [0.1, 0.15) is 0 Å². The second kappa shape index (κ2) is 9.35. The van der Waals surface area contributed by atoms with Crippen molar-refractivity contribution in [2.75, 3.05) is 46.2 Å². The number of benzene rings is 1. The number of hydrogen-bond acceptors (Lipinski definition) is 3. The summed E-state index contributed by atoms with van der Waals surface area (Å²) in [6.07, 6.45) is 20.7. The first-order valence-corrected chi connectivity index (χ1v) is 10.8. The van der Waals surface area contributed by atoms with E-state index in [2.05, 4.69) is 117 Å². The van der Waals surface area contributed by atoms with E-state index in [-0.39, 0.29) is 0 Å². The monoisotopic (exact) mass is 394 g/mol. The molecule has 1 aromatic rings. The third kappa shape index (κ3) is 5.91. The van der Waals surface area contributed by atoms with E-state index >= 15 is 0 Å². The molecule has 0 saturated carbocycles. The van der Waals surface area contributed by atoms with Crippen LogP contribution in [0, 0.1) is 0 Å². The van der Waals surface area contributed by atoms with E-state index in [1.165, 1.54) is 29.1 Å². The lowest BCUT2D eigenvalue weighted by molar-refractivity contribution is -0.870. The minimum Gasteiger partial charge on any atom is -0.358 e. The maximum atomic E-state index is 2.32. The van der Waals surface area contributed by atoms with Crippen molar-refractivity contribution in [2.45, 2.75) is 16.7 Å². The summed E-state index contributed by atoms with van der Waals surface area (Å²) < 4.78 is 1.02. The molecular formula is C24H32N3S+. The summed E-state index contributed by atoms with van der Waals surface area (Å²) in [5.74, 6) is 0. The molecule has 1 atom stereocenters. The van der Waals surface area contributed by atoms with Crippen LogP contribution < -0.4 is 4.90 Å². The SMILES string of the molecule is CN1c2ccccc2SC1C=CC=CC=C1C=CN(CCC[N+](C)(C)C)C=C1. The fourth-order valence-electron chi connectivity index (χ4n) is 3.21. The highest BCUT2D eigenvalue weighted by molar-refractivity contribution is 8.00. The van der Waals surface area contributed by atoms with E-state index in [1.54, 1.807) is 0 Å². The Morgan fingerprint density at radius 1 is 1.04 bits per heavy atom. The lowest BCUT2D eigenvalue weighted by atomic mass is 10.2. The molecule has 0 aromatic heterocycles. The van der Waals surface area contributed by atoms with Gasteiger partial charge in [-0.25, -0.2) is 0 Å². The van der Waals surface area contributed by atoms with Crippen molar-refractivity contribution in [3.8, 4) is 0 Å². The Balaban J connectivity index is 1.44. The Kier molecular flexibility index (Phi) is 6.87. The summed E-state index contributed by atoms with van der Waals surface area (Å²) in [5.41, 5.74) is 2.55. The minimum atomic E-state index is 0.365. The Hall–Kier alpha value is -2.17. The summed E-state index contributed by atoms with van der Waals surface area (Å²) in [6.45, 7) is 2.26. The number of hydrogen-bond donors (Lipinski definition) is 0. The molecule has 0 bridgehead atoms. The third-order valence-electron chi connectivity index (χ3n) is 4.82. The van der Waals surface area contributed by atoms with Crippen LogP contribution in [0.25, 0.3) is 0 Å². The second-order valence-corrected chi connectivity index (χ2v) is 9.42. The maximum Gasteiger partial charge on any atom is 0.0982 e. The molecule has 3 nitrogen and oxygen atoms in total. The van der Waals surface area contributed by atoms with Gasteiger partial charge in [-0.15, -0.1) is 0 Å². The number of anilines is 1. The van der Waals surface area contributed by atoms with Crippen LogP contribution in [0.4, 0.5) is 5.69 Å². The van der Waals surface area contributed by atoms with Crippen molar-refractivity contribution >= 4 is 17.4 Å². The Morgan fingerprint density at radius 3 is 2.50 bits per heavy atom. The maximum absolute atomic E-state index is 2.32. The molecule has 3 rings (SSSR count). The molecule has 0 amide bonds. The molecule has 0 spiro atoms. The first kappa shape index (κ1) is 20.6. The van der Waals surface area contributed by atoms with Crippen LogP contribution in [0.3, 0.4) is 0 Å². The molecule has 2 aliphatic heterocycles. The molecule has 2 aliphatic rings. The van der Waals surface area contributed by atoms with Gasteiger partial charge in [0.05, 0.1) is 38.7 Å². The molecule has 2 heterocycles. The molecule has 148 valence electrons. The largest absolute Gasteiger partial charge is 0.358 e. The summed E-state index contributed by atoms with van der Waals surface area (Å²) >= 11 is 1.90. The van der Waals surface area contributed by atoms with Gasteiger partial charge in [0, 0.05) is 37.3 Å². The van der Waals surface area contributed by atoms with Gasteiger partial charge in [0.25, 0.3) is 0 Å². The number of likely N-dealkylation sites (N-methyl/N-ethyl adjacent to an activating group) is 1. The fraction of sp³-hybridized carbons (Fsp3) is 0.333. The Labute approximate surface area is 174 Å². The van der Waals surface area contributed by atoms with Crippen LogP contribution in [0.1, 0.15) is 6.42 Å². The van der Waals surface area contributed by atoms with Gasteiger partial charge in [-0.2, -0.15) is 0 Å². The van der Waals surface area contributed by atoms with Crippen molar-refractivity contribution in [2.24, 2.45) is 0 Å². The predicted octanol–water partition coefficient (Wildman–Crippen LogP) is 5.03. The van der Waals surface area contributed by atoms with Crippen LogP contribution in [-0.4, -0.2) is 56.0 Å². The van der Waals surface area contributed by atoms with Gasteiger partial charge in [-0.05, 0) is 29.9 Å². The van der Waals surface area contributed by atoms with Gasteiger partial charge in [0.15, 0.2) is 0 Å². The van der Waals surface area contributed by atoms with Crippen molar-refractivity contribution in [3.05, 3.63) is 84.8 Å². The van der Waals surface area contributed by atoms with Gasteiger partial charge >= 0.3 is 0 Å². The molecule has 0 fully saturated rings. The normalized spacial score (nSPS) is 19.3. The van der Waals surface area contributed by atoms with E-state index < -0.39 is 0 Å². The van der Waals surface area contributed by atoms with Gasteiger partial charge in [-0.1, -0.05) is 54.3 Å². The van der Waals surface area contributed by atoms with Crippen molar-refractivity contribution in [3.63, 3.8) is 0 Å². The van der Waals surface area contributed by atoms with Crippen LogP contribution in [0.5, 0.6) is 0 Å². The number of nitrogens with zero attached hydrogens (tertiary/aromatic N) is 3. The van der Waals surface area contributed by atoms with Crippen LogP contribution in [0.2, 0.25) is 0 Å². The molecule has 0 saturated heterocycles. The van der Waals surface area contributed by atoms with Crippen molar-refractivity contribution < 1.29 is 4.48 Å². The fourth-order valence-corrected chi connectivity index (χ4v) is 4.40. The Morgan fingerprint density at radius 2 is 1.79 bits per heavy atom. The number of thioether (sulfide) groups is 1. The van der Waals surface area contributed by atoms with Gasteiger partial charge in [0.2, 0.25) is 0 Å². The van der Waals surface area contributed by atoms with E-state index in [4.69, 9.17) is 0 Å². The second-order valence-electron chi connectivity index (χ2n) is 8.26. The van der Waals surface area contributed by atoms with Crippen LogP contribution >= 0.6 is 11.8 Å². The number of para-hydroxylation sites is 1. The zero-order valence-corrected chi connectivity index (χ0v) is 18.3. The lowest BCUT2D eigenvalue weighted by Gasteiger charge is -2.25. The highest BCUT2D eigenvalue weighted by atomic mass is 32.2. The first-order valence-electron chi connectivity index (χ1n) is 9.89. The average molecular weight is 395 g/mol. The summed E-state index contributed by atoms with van der Waals surface area (Å²) in [7, 11) is 8.88. The zero-order valence-electron chi connectivity index (χ0n) is 17.5. The van der Waals surface area contributed by atoms with Crippen LogP contribution in [0.15, 0.2) is 89.7 Å². The Bertz CT molecular complexity index is 795. The highest BCUT2D eigenvalue weighted by Gasteiger charge is 2.24. The summed E-state index contributed by atoms with van der Waals surface area (Å²) in [4.78, 5) is 5.94. The van der Waals surface area contributed by atoms with E-state index in [0.717, 1.165) is 11.0 Å². The smallest absolute Gasteiger partial charge is 0.0982 e. The third-order valence-corrected chi connectivity index (χ3v) is 6.14. The topological polar surface area (TPSA) is 6.48 Å². The molecule has 4 heteroatoms. The molecular weight excluding hydrogens is 362 g/mol. The summed E-state index contributed by atoms with van der Waals surface area (Å²) in [6, 6.07) is 8.58. The molecule has 28 heavy (non-hydrogen) atoms. The van der Waals surface area contributed by atoms with Gasteiger partial charge in [-0.3, -0.25) is 0 Å². The average Bonchev–Trinajstić information content (AvgIpc) is 2.98. The molecule has 1 unspecified atom stereocenters. The van der Waals surface area contributed by atoms with Crippen molar-refractivity contribution in [1.82, 2.24) is 4.90 Å². The van der Waals surface area contributed by atoms with E-state index in [9.17, 15) is 0 Å². The standard InChI is InChI=1S/C24H32N3S/c1-25-22-12-8-9-13-23(22)28-24(25)14-7-5-6-11-21-15-18-26(19-16-21)17-10-20-27(2,3)4/h5-9,11-16,18-19,24H,10,17,20H2,1-4H3/q+1. The number of allylic oxidation sites excluding steroid dienone is 7. The van der Waals surface area contributed by atoms with E-state index in [0.29, 0.717) is 5.37 Å². The lowest BCUT2D eigenvalue weighted by Crippen LogP contribution is -2.36. The van der Waals surface area contributed by atoms with E-state index in [1.807, 2.05) is 11.8 Å². The molecule has 0 radical (unpaired) electrons. The molecule has 0 N–H and O–H groups in total. The van der Waals surface area contributed by atoms with Crippen molar-refractivity contribution in [1.29, 1.82) is 0 Å². The zero-order chi connectivity index (χ0) is 20.0. The molecule has 0 aliphatic carbocycles. The van der Waals surface area contributed by atoms with Crippen LogP contribution in [-0.2, 0) is 0 Å².